The first kappa shape index (κ1) is 43.1. The van der Waals surface area contributed by atoms with Crippen LogP contribution in [-0.2, 0) is 14.4 Å². The molecule has 0 fully saturated rings. The van der Waals surface area contributed by atoms with E-state index in [0.29, 0.717) is 12.8 Å². The van der Waals surface area contributed by atoms with E-state index in [0.717, 1.165) is 12.7 Å². The lowest BCUT2D eigenvalue weighted by molar-refractivity contribution is -0.139. The molecule has 0 saturated carbocycles. The topological polar surface area (TPSA) is 303 Å². The third-order valence-electron chi connectivity index (χ3n) is 7.11. The normalized spacial score (nSPS) is 13.4. The fourth-order valence-corrected chi connectivity index (χ4v) is 4.81. The number of halogens is 1. The fraction of sp³-hybridized carbons (Fsp3) is 0.567. The quantitative estimate of drug-likeness (QED) is 0.0772. The van der Waals surface area contributed by atoms with Crippen LogP contribution in [0.4, 0.5) is 0 Å². The van der Waals surface area contributed by atoms with E-state index in [9.17, 15) is 38.7 Å². The first-order valence-corrected chi connectivity index (χ1v) is 15.7. The summed E-state index contributed by atoms with van der Waals surface area (Å²) in [6.45, 7) is 8.78. The van der Waals surface area contributed by atoms with Gasteiger partial charge in [-0.1, -0.05) is 27.7 Å². The van der Waals surface area contributed by atoms with E-state index in [1.165, 1.54) is 6.92 Å². The molecule has 0 unspecified atom stereocenters. The predicted octanol–water partition coefficient (Wildman–Crippen LogP) is -0.563. The van der Waals surface area contributed by atoms with E-state index in [-0.39, 0.29) is 66.1 Å². The monoisotopic (exact) mass is 726 g/mol. The molecule has 2 rings (SSSR count). The number of aromatic amines is 2. The number of carboxylic acids is 2. The summed E-state index contributed by atoms with van der Waals surface area (Å²) in [4.78, 5) is 100. The number of aromatic nitrogens is 4. The lowest BCUT2D eigenvalue weighted by Crippen LogP contribution is -2.49. The Morgan fingerprint density at radius 2 is 1.22 bits per heavy atom. The second-order valence-corrected chi connectivity index (χ2v) is 12.3. The third-order valence-corrected chi connectivity index (χ3v) is 7.11. The highest BCUT2D eigenvalue weighted by Crippen LogP contribution is 2.10. The van der Waals surface area contributed by atoms with Crippen LogP contribution in [0.25, 0.3) is 0 Å². The Morgan fingerprint density at radius 1 is 0.740 bits per heavy atom. The van der Waals surface area contributed by atoms with Crippen LogP contribution in [0.3, 0.4) is 0 Å². The zero-order valence-corrected chi connectivity index (χ0v) is 29.3. The van der Waals surface area contributed by atoms with Crippen molar-refractivity contribution in [3.8, 4) is 0 Å². The van der Waals surface area contributed by atoms with Gasteiger partial charge in [0.2, 0.25) is 0 Å². The number of carbonyl (C=O) groups excluding carboxylic acids is 5. The molecule has 11 N–H and O–H groups in total. The van der Waals surface area contributed by atoms with Crippen LogP contribution in [0.15, 0.2) is 12.7 Å². The van der Waals surface area contributed by atoms with Crippen molar-refractivity contribution in [1.82, 2.24) is 46.5 Å². The van der Waals surface area contributed by atoms with Gasteiger partial charge in [0.05, 0.1) is 31.7 Å². The Bertz CT molecular complexity index is 1490. The standard InChI is InChI=1S/C30H46N10O9.ClH/c1-14(2)6-17(9-31)38-27(45)24-25(36-13-35-24)29(47)40-19(8-21(42)43)20(41)11-32-10-18(7-15(3)4)39-28(46)23-22(33-12-34-23)26(44)37-16(5)30(48)49;/h12-19,32H,6-11,31H2,1-5H3,(H,33,34)(H,35,36)(H,37,44)(H,38,45)(H,39,46)(H,40,47)(H,42,43)(H,48,49);1H/t16-,17-,18-,19-;/m0./s1. The number of Topliss-reactive ketones (excluding diaryl/α,β-unsaturated/α-hetero) is 1. The number of nitrogens with one attached hydrogen (secondary N) is 7. The van der Waals surface area contributed by atoms with E-state index in [2.05, 4.69) is 46.5 Å². The molecular formula is C30H47ClN10O9. The van der Waals surface area contributed by atoms with Gasteiger partial charge in [-0.05, 0) is 31.6 Å². The van der Waals surface area contributed by atoms with Crippen LogP contribution in [0.1, 0.15) is 95.8 Å². The second kappa shape index (κ2) is 20.6. The molecule has 50 heavy (non-hydrogen) atoms. The summed E-state index contributed by atoms with van der Waals surface area (Å²) in [5.41, 5.74) is 4.73. The van der Waals surface area contributed by atoms with Gasteiger partial charge in [0.25, 0.3) is 23.6 Å². The number of H-pyrrole nitrogens is 2. The van der Waals surface area contributed by atoms with Crippen molar-refractivity contribution in [1.29, 1.82) is 0 Å². The minimum absolute atomic E-state index is 0. The van der Waals surface area contributed by atoms with E-state index in [1.54, 1.807) is 0 Å². The Balaban J connectivity index is 0.0000125. The number of amides is 4. The minimum Gasteiger partial charge on any atom is -0.481 e. The van der Waals surface area contributed by atoms with E-state index in [4.69, 9.17) is 10.8 Å². The summed E-state index contributed by atoms with van der Waals surface area (Å²) in [5.74, 6) is -6.16. The van der Waals surface area contributed by atoms with Gasteiger partial charge in [-0.3, -0.25) is 33.6 Å². The van der Waals surface area contributed by atoms with Gasteiger partial charge in [0.15, 0.2) is 17.2 Å². The zero-order valence-electron chi connectivity index (χ0n) is 28.5. The van der Waals surface area contributed by atoms with E-state index >= 15 is 0 Å². The molecule has 0 bridgehead atoms. The van der Waals surface area contributed by atoms with Gasteiger partial charge in [0, 0.05) is 25.2 Å². The van der Waals surface area contributed by atoms with Gasteiger partial charge in [-0.25, -0.2) is 9.97 Å². The van der Waals surface area contributed by atoms with Gasteiger partial charge in [-0.15, -0.1) is 12.4 Å². The second-order valence-electron chi connectivity index (χ2n) is 12.3. The number of nitrogens with two attached hydrogens (primary N) is 1. The highest BCUT2D eigenvalue weighted by atomic mass is 35.5. The van der Waals surface area contributed by atoms with Gasteiger partial charge in [0.1, 0.15) is 17.4 Å². The molecule has 19 nitrogen and oxygen atoms in total. The average Bonchev–Trinajstić information content (AvgIpc) is 3.70. The van der Waals surface area contributed by atoms with Crippen LogP contribution in [-0.4, -0.2) is 115 Å². The van der Waals surface area contributed by atoms with Crippen LogP contribution < -0.4 is 32.3 Å². The molecular weight excluding hydrogens is 680 g/mol. The summed E-state index contributed by atoms with van der Waals surface area (Å²) in [6.07, 6.45) is 2.51. The maximum atomic E-state index is 13.1. The molecule has 0 aliphatic heterocycles. The minimum atomic E-state index is -1.48. The van der Waals surface area contributed by atoms with Crippen molar-refractivity contribution >= 4 is 53.8 Å². The van der Waals surface area contributed by atoms with Crippen LogP contribution in [0.2, 0.25) is 0 Å². The molecule has 4 atom stereocenters. The Labute approximate surface area is 294 Å². The first-order valence-electron chi connectivity index (χ1n) is 15.7. The Hall–Kier alpha value is -4.88. The van der Waals surface area contributed by atoms with Crippen molar-refractivity contribution < 1.29 is 43.8 Å². The van der Waals surface area contributed by atoms with Crippen molar-refractivity contribution in [3.05, 3.63) is 35.4 Å². The van der Waals surface area contributed by atoms with E-state index in [1.807, 2.05) is 27.7 Å². The van der Waals surface area contributed by atoms with Crippen LogP contribution in [0, 0.1) is 11.8 Å². The molecule has 20 heteroatoms. The lowest BCUT2D eigenvalue weighted by Gasteiger charge is -2.22. The zero-order chi connectivity index (χ0) is 36.8. The van der Waals surface area contributed by atoms with Gasteiger partial charge >= 0.3 is 11.9 Å². The molecule has 0 saturated heterocycles. The first-order chi connectivity index (χ1) is 23.0. The van der Waals surface area contributed by atoms with Crippen molar-refractivity contribution in [2.45, 2.75) is 78.0 Å². The molecule has 0 aromatic carbocycles. The summed E-state index contributed by atoms with van der Waals surface area (Å²) < 4.78 is 0. The number of rotatable bonds is 21. The summed E-state index contributed by atoms with van der Waals surface area (Å²) in [6, 6.07) is -3.66. The number of carbonyl (C=O) groups is 7. The summed E-state index contributed by atoms with van der Waals surface area (Å²) in [7, 11) is 0. The molecule has 0 radical (unpaired) electrons. The molecule has 4 amide bonds. The molecule has 2 heterocycles. The number of carboxylic acid groups (broad SMARTS) is 2. The van der Waals surface area contributed by atoms with Crippen molar-refractivity contribution in [2.24, 2.45) is 17.6 Å². The SMILES string of the molecule is CC(C)C[C@@H](CNCC(=O)[C@H](CC(=O)O)NC(=O)c1[nH]cnc1C(=O)N[C@H](CN)CC(C)C)NC(=O)c1nc[nH]c1C(=O)N[C@@H](C)C(=O)O.Cl. The largest absolute Gasteiger partial charge is 0.481 e. The number of imidazole rings is 2. The molecule has 0 spiro atoms. The maximum Gasteiger partial charge on any atom is 0.325 e. The average molecular weight is 727 g/mol. The number of aliphatic carboxylic acids is 2. The lowest BCUT2D eigenvalue weighted by atomic mass is 10.0. The number of nitrogens with zero attached hydrogens (tertiary/aromatic N) is 2. The highest BCUT2D eigenvalue weighted by molar-refractivity contribution is 6.07. The van der Waals surface area contributed by atoms with E-state index < -0.39 is 72.4 Å². The van der Waals surface area contributed by atoms with Crippen molar-refractivity contribution in [2.75, 3.05) is 19.6 Å². The summed E-state index contributed by atoms with van der Waals surface area (Å²) >= 11 is 0. The number of hydrogen-bond acceptors (Lipinski definition) is 11. The summed E-state index contributed by atoms with van der Waals surface area (Å²) in [5, 5.41) is 31.4. The fourth-order valence-electron chi connectivity index (χ4n) is 4.81. The Kier molecular flexibility index (Phi) is 17.8. The maximum absolute atomic E-state index is 13.1. The molecule has 0 aliphatic carbocycles. The van der Waals surface area contributed by atoms with Crippen LogP contribution >= 0.6 is 12.4 Å². The van der Waals surface area contributed by atoms with Gasteiger partial charge < -0.3 is 52.5 Å². The van der Waals surface area contributed by atoms with Gasteiger partial charge in [-0.2, -0.15) is 0 Å². The molecule has 278 valence electrons. The number of hydrogen-bond donors (Lipinski definition) is 10. The molecule has 2 aromatic rings. The molecule has 2 aromatic heterocycles. The number of ketones is 1. The Morgan fingerprint density at radius 3 is 1.68 bits per heavy atom. The predicted molar refractivity (Wildman–Crippen MR) is 181 cm³/mol. The van der Waals surface area contributed by atoms with Crippen LogP contribution in [0.5, 0.6) is 0 Å². The highest BCUT2D eigenvalue weighted by Gasteiger charge is 2.29. The van der Waals surface area contributed by atoms with Crippen molar-refractivity contribution in [3.63, 3.8) is 0 Å². The molecule has 0 aliphatic rings. The third kappa shape index (κ3) is 13.6. The smallest absolute Gasteiger partial charge is 0.325 e.